The van der Waals surface area contributed by atoms with Crippen LogP contribution in [-0.2, 0) is 14.3 Å². The minimum atomic E-state index is -0.544. The number of cyclic esters (lactones) is 2. The van der Waals surface area contributed by atoms with Gasteiger partial charge in [-0.15, -0.1) is 0 Å². The third-order valence-electron chi connectivity index (χ3n) is 1.71. The molecule has 0 aliphatic carbocycles. The Kier molecular flexibility index (Phi) is 3.01. The molecule has 0 N–H and O–H groups in total. The molecule has 70 valence electrons. The molecule has 0 fully saturated rings. The lowest BCUT2D eigenvalue weighted by Crippen LogP contribution is -2.01. The van der Waals surface area contributed by atoms with Gasteiger partial charge >= 0.3 is 11.9 Å². The quantitative estimate of drug-likeness (QED) is 0.377. The predicted molar refractivity (Wildman–Crippen MR) is 47.8 cm³/mol. The van der Waals surface area contributed by atoms with Crippen LogP contribution in [0.1, 0.15) is 26.7 Å². The van der Waals surface area contributed by atoms with Crippen LogP contribution in [0.2, 0.25) is 0 Å². The summed E-state index contributed by atoms with van der Waals surface area (Å²) in [6.07, 6.45) is 4.64. The van der Waals surface area contributed by atoms with E-state index in [-0.39, 0.29) is 0 Å². The molecule has 3 nitrogen and oxygen atoms in total. The van der Waals surface area contributed by atoms with E-state index in [4.69, 9.17) is 0 Å². The second kappa shape index (κ2) is 4.03. The van der Waals surface area contributed by atoms with E-state index in [1.165, 1.54) is 11.6 Å². The van der Waals surface area contributed by atoms with Gasteiger partial charge in [-0.3, -0.25) is 0 Å². The zero-order chi connectivity index (χ0) is 9.84. The lowest BCUT2D eigenvalue weighted by Gasteiger charge is -1.94. The number of carbonyl (C=O) groups is 2. The van der Waals surface area contributed by atoms with Gasteiger partial charge in [0.2, 0.25) is 0 Å². The van der Waals surface area contributed by atoms with Gasteiger partial charge < -0.3 is 4.74 Å². The number of hydrogen-bond acceptors (Lipinski definition) is 3. The summed E-state index contributed by atoms with van der Waals surface area (Å²) < 4.78 is 4.34. The Balaban J connectivity index is 2.46. The van der Waals surface area contributed by atoms with Crippen molar-refractivity contribution < 1.29 is 14.3 Å². The predicted octanol–water partition coefficient (Wildman–Crippen LogP) is 1.74. The summed E-state index contributed by atoms with van der Waals surface area (Å²) in [7, 11) is 0. The summed E-state index contributed by atoms with van der Waals surface area (Å²) in [5.41, 5.74) is 1.68. The van der Waals surface area contributed by atoms with E-state index in [2.05, 4.69) is 4.74 Å². The summed E-state index contributed by atoms with van der Waals surface area (Å²) >= 11 is 0. The number of carbonyl (C=O) groups excluding carboxylic acids is 2. The molecule has 0 aromatic rings. The lowest BCUT2D eigenvalue weighted by molar-refractivity contribution is -0.150. The molecule has 0 saturated carbocycles. The van der Waals surface area contributed by atoms with Crippen molar-refractivity contribution in [1.82, 2.24) is 0 Å². The van der Waals surface area contributed by atoms with Gasteiger partial charge in [-0.1, -0.05) is 11.6 Å². The first kappa shape index (κ1) is 9.71. The van der Waals surface area contributed by atoms with Crippen molar-refractivity contribution in [2.24, 2.45) is 0 Å². The average molecular weight is 180 g/mol. The zero-order valence-electron chi connectivity index (χ0n) is 7.79. The molecule has 13 heavy (non-hydrogen) atoms. The molecule has 0 unspecified atom stereocenters. The number of hydrogen-bond donors (Lipinski definition) is 0. The molecule has 0 saturated heterocycles. The molecule has 0 amide bonds. The van der Waals surface area contributed by atoms with Gasteiger partial charge in [0, 0.05) is 11.6 Å². The monoisotopic (exact) mass is 180 g/mol. The van der Waals surface area contributed by atoms with Crippen molar-refractivity contribution in [3.8, 4) is 0 Å². The fourth-order valence-electron chi connectivity index (χ4n) is 1.08. The van der Waals surface area contributed by atoms with Crippen molar-refractivity contribution in [2.75, 3.05) is 0 Å². The highest BCUT2D eigenvalue weighted by Gasteiger charge is 2.22. The van der Waals surface area contributed by atoms with E-state index < -0.39 is 11.9 Å². The molecular weight excluding hydrogens is 168 g/mol. The van der Waals surface area contributed by atoms with Gasteiger partial charge in [0.05, 0.1) is 0 Å². The minimum Gasteiger partial charge on any atom is -0.386 e. The van der Waals surface area contributed by atoms with E-state index in [9.17, 15) is 9.59 Å². The Morgan fingerprint density at radius 2 is 2.15 bits per heavy atom. The van der Waals surface area contributed by atoms with E-state index in [1.807, 2.05) is 19.9 Å². The Hall–Kier alpha value is -1.38. The van der Waals surface area contributed by atoms with Gasteiger partial charge in [0.15, 0.2) is 0 Å². The van der Waals surface area contributed by atoms with Crippen LogP contribution in [-0.4, -0.2) is 11.9 Å². The Morgan fingerprint density at radius 1 is 1.46 bits per heavy atom. The maximum Gasteiger partial charge on any atom is 0.342 e. The summed E-state index contributed by atoms with van der Waals surface area (Å²) in [6, 6.07) is 0. The number of allylic oxidation sites excluding steroid dienone is 2. The van der Waals surface area contributed by atoms with Crippen LogP contribution >= 0.6 is 0 Å². The fraction of sp³-hybridized carbons (Fsp3) is 0.400. The Labute approximate surface area is 77.1 Å². The third-order valence-corrected chi connectivity index (χ3v) is 1.71. The van der Waals surface area contributed by atoms with Crippen molar-refractivity contribution in [2.45, 2.75) is 26.7 Å². The van der Waals surface area contributed by atoms with Crippen LogP contribution < -0.4 is 0 Å². The summed E-state index contributed by atoms with van der Waals surface area (Å²) in [5, 5.41) is 0. The molecule has 0 spiro atoms. The molecule has 0 aromatic heterocycles. The highest BCUT2D eigenvalue weighted by molar-refractivity contribution is 6.08. The highest BCUT2D eigenvalue weighted by Crippen LogP contribution is 2.14. The van der Waals surface area contributed by atoms with Gasteiger partial charge in [-0.2, -0.15) is 0 Å². The van der Waals surface area contributed by atoms with Crippen LogP contribution in [0.3, 0.4) is 0 Å². The normalized spacial score (nSPS) is 15.4. The highest BCUT2D eigenvalue weighted by atomic mass is 16.6. The first-order chi connectivity index (χ1) is 6.09. The van der Waals surface area contributed by atoms with Crippen LogP contribution in [0.5, 0.6) is 0 Å². The molecular formula is C10H12O3. The summed E-state index contributed by atoms with van der Waals surface area (Å²) in [4.78, 5) is 21.6. The smallest absolute Gasteiger partial charge is 0.342 e. The molecule has 1 rings (SSSR count). The van der Waals surface area contributed by atoms with Crippen molar-refractivity contribution in [3.63, 3.8) is 0 Å². The van der Waals surface area contributed by atoms with Gasteiger partial charge in [-0.05, 0) is 26.7 Å². The molecule has 3 heteroatoms. The Morgan fingerprint density at radius 3 is 2.62 bits per heavy atom. The fourth-order valence-corrected chi connectivity index (χ4v) is 1.08. The second-order valence-electron chi connectivity index (χ2n) is 3.20. The van der Waals surface area contributed by atoms with Crippen LogP contribution in [0.25, 0.3) is 0 Å². The average Bonchev–Trinajstić information content (AvgIpc) is 2.29. The van der Waals surface area contributed by atoms with Crippen LogP contribution in [0.15, 0.2) is 23.3 Å². The van der Waals surface area contributed by atoms with Crippen molar-refractivity contribution in [3.05, 3.63) is 23.3 Å². The second-order valence-corrected chi connectivity index (χ2v) is 3.20. The molecule has 0 aromatic carbocycles. The van der Waals surface area contributed by atoms with Crippen molar-refractivity contribution >= 4 is 11.9 Å². The first-order valence-corrected chi connectivity index (χ1v) is 4.19. The van der Waals surface area contributed by atoms with Crippen LogP contribution in [0.4, 0.5) is 0 Å². The SMILES string of the molecule is CC(C)=CCCC1=CC(=O)OC1=O. The molecule has 0 bridgehead atoms. The van der Waals surface area contributed by atoms with E-state index in [0.29, 0.717) is 12.0 Å². The zero-order valence-corrected chi connectivity index (χ0v) is 7.79. The molecule has 0 radical (unpaired) electrons. The van der Waals surface area contributed by atoms with E-state index >= 15 is 0 Å². The van der Waals surface area contributed by atoms with E-state index in [1.54, 1.807) is 0 Å². The lowest BCUT2D eigenvalue weighted by atomic mass is 10.1. The van der Waals surface area contributed by atoms with Gasteiger partial charge in [0.25, 0.3) is 0 Å². The van der Waals surface area contributed by atoms with Crippen LogP contribution in [0, 0.1) is 0 Å². The maximum atomic E-state index is 10.9. The summed E-state index contributed by atoms with van der Waals surface area (Å²) in [5.74, 6) is -1.04. The van der Waals surface area contributed by atoms with E-state index in [0.717, 1.165) is 6.42 Å². The topological polar surface area (TPSA) is 43.4 Å². The number of esters is 2. The third kappa shape index (κ3) is 2.86. The maximum absolute atomic E-state index is 10.9. The van der Waals surface area contributed by atoms with Crippen molar-refractivity contribution in [1.29, 1.82) is 0 Å². The largest absolute Gasteiger partial charge is 0.386 e. The minimum absolute atomic E-state index is 0.475. The molecule has 0 atom stereocenters. The number of rotatable bonds is 3. The Bertz CT molecular complexity index is 293. The number of ether oxygens (including phenoxy) is 1. The van der Waals surface area contributed by atoms with Gasteiger partial charge in [-0.25, -0.2) is 9.59 Å². The van der Waals surface area contributed by atoms with Gasteiger partial charge in [0.1, 0.15) is 0 Å². The first-order valence-electron chi connectivity index (χ1n) is 4.19. The molecule has 1 aliphatic heterocycles. The summed E-state index contributed by atoms with van der Waals surface area (Å²) in [6.45, 7) is 3.99. The standard InChI is InChI=1S/C10H12O3/c1-7(2)4-3-5-8-6-9(11)13-10(8)12/h4,6H,3,5H2,1-2H3. The molecule has 1 heterocycles. The molecule has 1 aliphatic rings.